The second kappa shape index (κ2) is 10.4. The summed E-state index contributed by atoms with van der Waals surface area (Å²) >= 11 is 0. The maximum Gasteiger partial charge on any atom is 0.00929 e. The molecule has 2 rings (SSSR count). The van der Waals surface area contributed by atoms with E-state index in [4.69, 9.17) is 0 Å². The maximum absolute atomic E-state index is 2.59. The average Bonchev–Trinajstić information content (AvgIpc) is 2.69. The zero-order valence-electron chi connectivity index (χ0n) is 29.6. The average molecular weight is 533 g/mol. The van der Waals surface area contributed by atoms with E-state index in [-0.39, 0.29) is 32.5 Å². The molecule has 2 aromatic rings. The van der Waals surface area contributed by atoms with Crippen molar-refractivity contribution in [3.05, 3.63) is 68.8 Å². The van der Waals surface area contributed by atoms with Gasteiger partial charge in [-0.25, -0.2) is 0 Å². The first-order valence-corrected chi connectivity index (χ1v) is 15.5. The van der Waals surface area contributed by atoms with Gasteiger partial charge in [0.05, 0.1) is 0 Å². The van der Waals surface area contributed by atoms with E-state index >= 15 is 0 Å². The fraction of sp³-hybridized carbons (Fsp3) is 0.692. The van der Waals surface area contributed by atoms with Crippen LogP contribution in [0.5, 0.6) is 0 Å². The van der Waals surface area contributed by atoms with Crippen LogP contribution in [0.25, 0.3) is 0 Å². The van der Waals surface area contributed by atoms with Crippen LogP contribution in [0.15, 0.2) is 24.3 Å². The van der Waals surface area contributed by atoms with Crippen molar-refractivity contribution in [3.8, 4) is 0 Å². The zero-order chi connectivity index (χ0) is 30.7. The molecule has 39 heavy (non-hydrogen) atoms. The number of hydrogen-bond acceptors (Lipinski definition) is 0. The van der Waals surface area contributed by atoms with E-state index in [0.717, 1.165) is 6.42 Å². The van der Waals surface area contributed by atoms with Gasteiger partial charge in [-0.2, -0.15) is 0 Å². The fourth-order valence-corrected chi connectivity index (χ4v) is 6.53. The molecule has 1 unspecified atom stereocenters. The highest BCUT2D eigenvalue weighted by Gasteiger charge is 2.38. The normalized spacial score (nSPS) is 15.1. The Labute approximate surface area is 244 Å². The third-order valence-corrected chi connectivity index (χ3v) is 8.30. The van der Waals surface area contributed by atoms with Crippen LogP contribution < -0.4 is 0 Å². The number of benzene rings is 2. The summed E-state index contributed by atoms with van der Waals surface area (Å²) < 4.78 is 0. The summed E-state index contributed by atoms with van der Waals surface area (Å²) in [5.74, 6) is 0.340. The Balaban J connectivity index is 3.25. The molecule has 0 nitrogen and oxygen atoms in total. The van der Waals surface area contributed by atoms with Crippen molar-refractivity contribution in [2.45, 2.75) is 176 Å². The molecule has 0 saturated carbocycles. The molecule has 0 amide bonds. The first kappa shape index (κ1) is 33.6. The van der Waals surface area contributed by atoms with Gasteiger partial charge in [0.15, 0.2) is 0 Å². The zero-order valence-corrected chi connectivity index (χ0v) is 29.6. The van der Waals surface area contributed by atoms with Crippen LogP contribution in [0, 0.1) is 0 Å². The highest BCUT2D eigenvalue weighted by atomic mass is 14.4. The second-order valence-corrected chi connectivity index (χ2v) is 18.4. The Morgan fingerprint density at radius 1 is 0.436 bits per heavy atom. The van der Waals surface area contributed by atoms with Gasteiger partial charge in [0.1, 0.15) is 0 Å². The quantitative estimate of drug-likeness (QED) is 0.369. The van der Waals surface area contributed by atoms with Crippen LogP contribution in [-0.4, -0.2) is 0 Å². The molecular formula is C39H64. The van der Waals surface area contributed by atoms with E-state index in [1.54, 1.807) is 16.7 Å². The summed E-state index contributed by atoms with van der Waals surface area (Å²) in [6, 6.07) is 10.1. The highest BCUT2D eigenvalue weighted by molar-refractivity contribution is 5.57. The summed E-state index contributed by atoms with van der Waals surface area (Å²) in [6.45, 7) is 45.6. The molecule has 220 valence electrons. The molecular weight excluding hydrogens is 468 g/mol. The highest BCUT2D eigenvalue weighted by Crippen LogP contribution is 2.49. The summed E-state index contributed by atoms with van der Waals surface area (Å²) in [5.41, 5.74) is 12.6. The summed E-state index contributed by atoms with van der Waals surface area (Å²) in [5, 5.41) is 0. The molecule has 1 atom stereocenters. The first-order chi connectivity index (χ1) is 17.1. The van der Waals surface area contributed by atoms with Gasteiger partial charge >= 0.3 is 0 Å². The van der Waals surface area contributed by atoms with Crippen molar-refractivity contribution in [1.29, 1.82) is 0 Å². The van der Waals surface area contributed by atoms with Crippen molar-refractivity contribution in [2.75, 3.05) is 0 Å². The molecule has 0 aliphatic rings. The molecule has 0 N–H and O–H groups in total. The third kappa shape index (κ3) is 7.21. The third-order valence-electron chi connectivity index (χ3n) is 8.30. The van der Waals surface area contributed by atoms with E-state index in [1.165, 1.54) is 27.8 Å². The van der Waals surface area contributed by atoms with Crippen molar-refractivity contribution in [2.24, 2.45) is 0 Å². The van der Waals surface area contributed by atoms with Crippen LogP contribution in [-0.2, 0) is 32.5 Å². The van der Waals surface area contributed by atoms with Crippen molar-refractivity contribution >= 4 is 0 Å². The minimum absolute atomic E-state index is 0.0308. The van der Waals surface area contributed by atoms with Gasteiger partial charge in [-0.05, 0) is 83.4 Å². The maximum atomic E-state index is 2.59. The molecule has 0 spiro atoms. The molecule has 0 fully saturated rings. The lowest BCUT2D eigenvalue weighted by Gasteiger charge is -2.41. The molecule has 0 aliphatic carbocycles. The topological polar surface area (TPSA) is 0 Å². The van der Waals surface area contributed by atoms with Gasteiger partial charge in [-0.1, -0.05) is 156 Å². The van der Waals surface area contributed by atoms with Gasteiger partial charge in [0, 0.05) is 5.92 Å². The lowest BCUT2D eigenvalue weighted by Crippen LogP contribution is -2.31. The molecule has 0 bridgehead atoms. The smallest absolute Gasteiger partial charge is 0.00929 e. The second-order valence-electron chi connectivity index (χ2n) is 18.4. The van der Waals surface area contributed by atoms with Crippen LogP contribution in [0.3, 0.4) is 0 Å². The lowest BCUT2D eigenvalue weighted by atomic mass is 9.63. The Bertz CT molecular complexity index is 1160. The minimum atomic E-state index is 0.0308. The van der Waals surface area contributed by atoms with E-state index in [0.29, 0.717) is 5.92 Å². The molecule has 0 radical (unpaired) electrons. The fourth-order valence-electron chi connectivity index (χ4n) is 6.53. The Hall–Kier alpha value is -1.56. The van der Waals surface area contributed by atoms with E-state index in [2.05, 4.69) is 156 Å². The van der Waals surface area contributed by atoms with Crippen LogP contribution in [0.1, 0.15) is 188 Å². The summed E-state index contributed by atoms with van der Waals surface area (Å²) in [4.78, 5) is 0. The number of hydrogen-bond donors (Lipinski definition) is 0. The van der Waals surface area contributed by atoms with Gasteiger partial charge < -0.3 is 0 Å². The van der Waals surface area contributed by atoms with Crippen molar-refractivity contribution in [1.82, 2.24) is 0 Å². The van der Waals surface area contributed by atoms with Gasteiger partial charge in [0.25, 0.3) is 0 Å². The van der Waals surface area contributed by atoms with E-state index in [9.17, 15) is 0 Å². The van der Waals surface area contributed by atoms with Crippen molar-refractivity contribution < 1.29 is 0 Å². The SMILES string of the molecule is CCC(c1cc(C(C)(C)C)cc(C(C)(C)C)c1C(C)(C)C)c1ccc(C(C)(C)C)c(C(C)(C)C)c1C(C)(C)C. The molecule has 2 aromatic carbocycles. The molecule has 0 aromatic heterocycles. The Morgan fingerprint density at radius 2 is 0.872 bits per heavy atom. The van der Waals surface area contributed by atoms with Gasteiger partial charge in [0.2, 0.25) is 0 Å². The molecule has 0 heteroatoms. The first-order valence-electron chi connectivity index (χ1n) is 15.5. The van der Waals surface area contributed by atoms with Crippen LogP contribution >= 0.6 is 0 Å². The summed E-state index contributed by atoms with van der Waals surface area (Å²) in [6.07, 6.45) is 1.09. The molecule has 0 heterocycles. The Kier molecular flexibility index (Phi) is 8.94. The Morgan fingerprint density at radius 3 is 1.21 bits per heavy atom. The van der Waals surface area contributed by atoms with E-state index < -0.39 is 0 Å². The monoisotopic (exact) mass is 533 g/mol. The lowest BCUT2D eigenvalue weighted by molar-refractivity contribution is 0.488. The predicted molar refractivity (Wildman–Crippen MR) is 177 cm³/mol. The molecule has 0 aliphatic heterocycles. The van der Waals surface area contributed by atoms with E-state index in [1.807, 2.05) is 0 Å². The van der Waals surface area contributed by atoms with Crippen LogP contribution in [0.4, 0.5) is 0 Å². The molecule has 0 saturated heterocycles. The minimum Gasteiger partial charge on any atom is -0.0645 e. The summed E-state index contributed by atoms with van der Waals surface area (Å²) in [7, 11) is 0. The standard InChI is InChI=1S/C39H64/c1-20-26(27-21-22-29(35(5,6)7)33(39(17,18)19)32(27)38(14,15)16)28-23-25(34(2,3)4)24-30(36(8,9)10)31(28)37(11,12)13/h21-24,26H,20H2,1-19H3. The van der Waals surface area contributed by atoms with Crippen molar-refractivity contribution in [3.63, 3.8) is 0 Å². The predicted octanol–water partition coefficient (Wildman–Crippen LogP) is 12.0. The number of rotatable bonds is 3. The largest absolute Gasteiger partial charge is 0.0645 e. The van der Waals surface area contributed by atoms with Gasteiger partial charge in [-0.3, -0.25) is 0 Å². The van der Waals surface area contributed by atoms with Gasteiger partial charge in [-0.15, -0.1) is 0 Å². The van der Waals surface area contributed by atoms with Crippen LogP contribution in [0.2, 0.25) is 0 Å².